The van der Waals surface area contributed by atoms with Gasteiger partial charge in [0.25, 0.3) is 0 Å². The minimum atomic E-state index is -0.567. The zero-order valence-electron chi connectivity index (χ0n) is 9.21. The van der Waals surface area contributed by atoms with E-state index < -0.39 is 12.1 Å². The van der Waals surface area contributed by atoms with Crippen LogP contribution in [0.25, 0.3) is 6.08 Å². The normalized spacial score (nSPS) is 12.7. The van der Waals surface area contributed by atoms with Gasteiger partial charge in [-0.05, 0) is 24.1 Å². The Hall–Kier alpha value is -1.65. The molecule has 1 aromatic rings. The van der Waals surface area contributed by atoms with Crippen LogP contribution >= 0.6 is 0 Å². The van der Waals surface area contributed by atoms with E-state index in [4.69, 9.17) is 0 Å². The van der Waals surface area contributed by atoms with Gasteiger partial charge in [0, 0.05) is 6.08 Å². The minimum Gasteiger partial charge on any atom is -0.389 e. The average molecular weight is 222 g/mol. The summed E-state index contributed by atoms with van der Waals surface area (Å²) in [6.45, 7) is 1.70. The van der Waals surface area contributed by atoms with Crippen LogP contribution in [0.1, 0.15) is 24.2 Å². The van der Waals surface area contributed by atoms with Crippen LogP contribution in [0.15, 0.2) is 30.3 Å². The third-order valence-corrected chi connectivity index (χ3v) is 2.00. The molecule has 1 atom stereocenters. The van der Waals surface area contributed by atoms with Crippen molar-refractivity contribution in [2.24, 2.45) is 0 Å². The molecule has 1 unspecified atom stereocenters. The van der Waals surface area contributed by atoms with E-state index in [1.165, 1.54) is 13.2 Å². The highest BCUT2D eigenvalue weighted by atomic mass is 17.2. The van der Waals surface area contributed by atoms with Crippen molar-refractivity contribution in [3.05, 3.63) is 41.5 Å². The number of rotatable bonds is 4. The molecule has 0 amide bonds. The molecule has 4 heteroatoms. The SMILES string of the molecule is COOC(=O)C=Cc1ccc(C(C)O)cc1. The first-order valence-electron chi connectivity index (χ1n) is 4.84. The van der Waals surface area contributed by atoms with Gasteiger partial charge in [-0.2, -0.15) is 4.89 Å². The Bertz CT molecular complexity index is 365. The molecule has 0 aliphatic carbocycles. The second-order valence-corrected chi connectivity index (χ2v) is 3.25. The maximum absolute atomic E-state index is 10.9. The number of hydrogen-bond acceptors (Lipinski definition) is 4. The average Bonchev–Trinajstić information content (AvgIpc) is 2.27. The number of hydrogen-bond donors (Lipinski definition) is 1. The van der Waals surface area contributed by atoms with E-state index in [2.05, 4.69) is 9.78 Å². The molecule has 0 radical (unpaired) electrons. The van der Waals surface area contributed by atoms with Gasteiger partial charge in [0.05, 0.1) is 13.2 Å². The first-order chi connectivity index (χ1) is 7.63. The van der Waals surface area contributed by atoms with Crippen LogP contribution in [0, 0.1) is 0 Å². The fourth-order valence-corrected chi connectivity index (χ4v) is 1.16. The monoisotopic (exact) mass is 222 g/mol. The molecule has 4 nitrogen and oxygen atoms in total. The molecule has 0 spiro atoms. The third kappa shape index (κ3) is 3.84. The molecule has 1 N–H and O–H groups in total. The zero-order valence-corrected chi connectivity index (χ0v) is 9.21. The van der Waals surface area contributed by atoms with Crippen LogP contribution in [0.3, 0.4) is 0 Å². The van der Waals surface area contributed by atoms with E-state index in [9.17, 15) is 9.90 Å². The quantitative estimate of drug-likeness (QED) is 0.480. The number of carbonyl (C=O) groups excluding carboxylic acids is 1. The topological polar surface area (TPSA) is 55.8 Å². The number of benzene rings is 1. The molecule has 0 aliphatic heterocycles. The lowest BCUT2D eigenvalue weighted by Gasteiger charge is -2.03. The number of aliphatic hydroxyl groups is 1. The summed E-state index contributed by atoms with van der Waals surface area (Å²) in [6, 6.07) is 7.20. The maximum atomic E-state index is 10.9. The lowest BCUT2D eigenvalue weighted by Crippen LogP contribution is -1.97. The molecular formula is C12H14O4. The van der Waals surface area contributed by atoms with Gasteiger partial charge in [-0.1, -0.05) is 24.3 Å². The van der Waals surface area contributed by atoms with Crippen LogP contribution in [0.2, 0.25) is 0 Å². The van der Waals surface area contributed by atoms with Crippen molar-refractivity contribution >= 4 is 12.0 Å². The highest BCUT2D eigenvalue weighted by Crippen LogP contribution is 2.13. The molecule has 86 valence electrons. The van der Waals surface area contributed by atoms with Crippen LogP contribution < -0.4 is 0 Å². The van der Waals surface area contributed by atoms with E-state index in [0.717, 1.165) is 11.1 Å². The Kier molecular flexibility index (Phi) is 4.69. The van der Waals surface area contributed by atoms with Crippen molar-refractivity contribution in [2.45, 2.75) is 13.0 Å². The van der Waals surface area contributed by atoms with E-state index in [1.807, 2.05) is 0 Å². The highest BCUT2D eigenvalue weighted by molar-refractivity contribution is 5.86. The van der Waals surface area contributed by atoms with Gasteiger partial charge in [-0.3, -0.25) is 4.89 Å². The second-order valence-electron chi connectivity index (χ2n) is 3.25. The van der Waals surface area contributed by atoms with Crippen LogP contribution in [-0.4, -0.2) is 18.2 Å². The van der Waals surface area contributed by atoms with E-state index >= 15 is 0 Å². The van der Waals surface area contributed by atoms with E-state index in [-0.39, 0.29) is 0 Å². The van der Waals surface area contributed by atoms with Gasteiger partial charge >= 0.3 is 5.97 Å². The predicted octanol–water partition coefficient (Wildman–Crippen LogP) is 1.86. The first-order valence-corrected chi connectivity index (χ1v) is 4.84. The smallest absolute Gasteiger partial charge is 0.365 e. The summed E-state index contributed by atoms with van der Waals surface area (Å²) in [5.41, 5.74) is 1.68. The summed E-state index contributed by atoms with van der Waals surface area (Å²) in [4.78, 5) is 19.4. The standard InChI is InChI=1S/C12H14O4/c1-9(13)11-6-3-10(4-7-11)5-8-12(14)16-15-2/h3-9,13H,1-2H3. The molecule has 0 aliphatic rings. The van der Waals surface area contributed by atoms with Crippen molar-refractivity contribution < 1.29 is 19.7 Å². The zero-order chi connectivity index (χ0) is 12.0. The Labute approximate surface area is 94.0 Å². The molecule has 0 bridgehead atoms. The fourth-order valence-electron chi connectivity index (χ4n) is 1.16. The molecule has 0 fully saturated rings. The molecule has 16 heavy (non-hydrogen) atoms. The lowest BCUT2D eigenvalue weighted by atomic mass is 10.1. The van der Waals surface area contributed by atoms with Crippen LogP contribution in [0.4, 0.5) is 0 Å². The summed E-state index contributed by atoms with van der Waals surface area (Å²) < 4.78 is 0. The second kappa shape index (κ2) is 6.05. The van der Waals surface area contributed by atoms with Crippen LogP contribution in [-0.2, 0) is 14.6 Å². The van der Waals surface area contributed by atoms with Crippen molar-refractivity contribution in [1.29, 1.82) is 0 Å². The fraction of sp³-hybridized carbons (Fsp3) is 0.250. The summed E-state index contributed by atoms with van der Waals surface area (Å²) in [5, 5.41) is 9.29. The molecule has 0 heterocycles. The highest BCUT2D eigenvalue weighted by Gasteiger charge is 1.99. The number of aliphatic hydroxyl groups excluding tert-OH is 1. The van der Waals surface area contributed by atoms with Crippen molar-refractivity contribution in [2.75, 3.05) is 7.11 Å². The molecule has 0 saturated heterocycles. The van der Waals surface area contributed by atoms with Gasteiger partial charge in [0.15, 0.2) is 0 Å². The summed E-state index contributed by atoms with van der Waals surface area (Å²) in [6.07, 6.45) is 2.38. The summed E-state index contributed by atoms with van der Waals surface area (Å²) in [7, 11) is 1.27. The maximum Gasteiger partial charge on any atom is 0.365 e. The lowest BCUT2D eigenvalue weighted by molar-refractivity contribution is -0.249. The van der Waals surface area contributed by atoms with Gasteiger partial charge < -0.3 is 5.11 Å². The van der Waals surface area contributed by atoms with E-state index in [0.29, 0.717) is 0 Å². The van der Waals surface area contributed by atoms with Gasteiger partial charge in [0.2, 0.25) is 0 Å². The third-order valence-electron chi connectivity index (χ3n) is 2.00. The predicted molar refractivity (Wildman–Crippen MR) is 59.2 cm³/mol. The van der Waals surface area contributed by atoms with Gasteiger partial charge in [-0.25, -0.2) is 4.79 Å². The Morgan fingerprint density at radius 1 is 1.38 bits per heavy atom. The van der Waals surface area contributed by atoms with E-state index in [1.54, 1.807) is 37.3 Å². The van der Waals surface area contributed by atoms with Crippen molar-refractivity contribution in [3.8, 4) is 0 Å². The largest absolute Gasteiger partial charge is 0.389 e. The number of carbonyl (C=O) groups is 1. The first kappa shape index (κ1) is 12.4. The molecule has 0 aromatic heterocycles. The minimum absolute atomic E-state index is 0.489. The summed E-state index contributed by atoms with van der Waals surface area (Å²) >= 11 is 0. The van der Waals surface area contributed by atoms with Gasteiger partial charge in [-0.15, -0.1) is 0 Å². The van der Waals surface area contributed by atoms with Crippen LogP contribution in [0.5, 0.6) is 0 Å². The summed E-state index contributed by atoms with van der Waals surface area (Å²) in [5.74, 6) is -0.567. The van der Waals surface area contributed by atoms with Gasteiger partial charge in [0.1, 0.15) is 0 Å². The Morgan fingerprint density at radius 2 is 2.00 bits per heavy atom. The van der Waals surface area contributed by atoms with Crippen molar-refractivity contribution in [3.63, 3.8) is 0 Å². The molecule has 1 aromatic carbocycles. The molecule has 1 rings (SSSR count). The molecular weight excluding hydrogens is 208 g/mol. The molecule has 0 saturated carbocycles. The Balaban J connectivity index is 2.65. The van der Waals surface area contributed by atoms with Crippen molar-refractivity contribution in [1.82, 2.24) is 0 Å². The Morgan fingerprint density at radius 3 is 2.50 bits per heavy atom.